The summed E-state index contributed by atoms with van der Waals surface area (Å²) in [7, 11) is 1.47. The minimum atomic E-state index is -1.25. The number of cyclic esters (lactones) is 1. The molecule has 0 bridgehead atoms. The molecule has 3 aliphatic carbocycles. The van der Waals surface area contributed by atoms with Crippen LogP contribution in [0.5, 0.6) is 0 Å². The predicted octanol–water partition coefficient (Wildman–Crippen LogP) is 3.29. The van der Waals surface area contributed by atoms with Gasteiger partial charge in [0.2, 0.25) is 5.78 Å². The number of carbonyl (C=O) groups excluding carboxylic acids is 4. The average molecular weight is 550 g/mol. The second-order valence-electron chi connectivity index (χ2n) is 11.4. The Morgan fingerprint density at radius 1 is 1.20 bits per heavy atom. The molecular formula is C31H35NO8. The molecule has 0 aromatic heterocycles. The van der Waals surface area contributed by atoms with Crippen molar-refractivity contribution in [2.75, 3.05) is 20.3 Å². The maximum absolute atomic E-state index is 14.0. The number of hydrogen-bond donors (Lipinski definition) is 2. The summed E-state index contributed by atoms with van der Waals surface area (Å²) in [6.07, 6.45) is 1.27. The smallest absolute Gasteiger partial charge is 0.340 e. The van der Waals surface area contributed by atoms with Crippen LogP contribution in [0.2, 0.25) is 0 Å². The van der Waals surface area contributed by atoms with Crippen LogP contribution in [0.15, 0.2) is 64.6 Å². The van der Waals surface area contributed by atoms with Crippen molar-refractivity contribution in [3.63, 3.8) is 0 Å². The van der Waals surface area contributed by atoms with Crippen LogP contribution >= 0.6 is 0 Å². The number of carbonyl (C=O) groups is 4. The highest BCUT2D eigenvalue weighted by Gasteiger charge is 2.64. The van der Waals surface area contributed by atoms with Crippen LogP contribution in [0.3, 0.4) is 0 Å². The molecule has 9 nitrogen and oxygen atoms in total. The van der Waals surface area contributed by atoms with Crippen molar-refractivity contribution in [1.29, 1.82) is 0 Å². The third-order valence-electron chi connectivity index (χ3n) is 9.07. The summed E-state index contributed by atoms with van der Waals surface area (Å²) in [5.74, 6) is -2.92. The van der Waals surface area contributed by atoms with Gasteiger partial charge in [-0.05, 0) is 30.9 Å². The van der Waals surface area contributed by atoms with E-state index in [4.69, 9.17) is 14.2 Å². The minimum Gasteiger partial charge on any atom is -0.504 e. The summed E-state index contributed by atoms with van der Waals surface area (Å²) in [5.41, 5.74) is -0.160. The molecule has 1 heterocycles. The summed E-state index contributed by atoms with van der Waals surface area (Å²) < 4.78 is 17.1. The van der Waals surface area contributed by atoms with E-state index >= 15 is 0 Å². The molecule has 5 atom stereocenters. The largest absolute Gasteiger partial charge is 0.504 e. The molecule has 1 aliphatic heterocycles. The lowest BCUT2D eigenvalue weighted by Crippen LogP contribution is -2.57. The number of fused-ring (bicyclic) bond motifs is 4. The zero-order valence-corrected chi connectivity index (χ0v) is 23.2. The van der Waals surface area contributed by atoms with Gasteiger partial charge in [-0.1, -0.05) is 37.3 Å². The number of benzene rings is 1. The number of allylic oxidation sites excluding steroid dienone is 1. The van der Waals surface area contributed by atoms with Gasteiger partial charge < -0.3 is 24.6 Å². The third-order valence-corrected chi connectivity index (χ3v) is 9.07. The van der Waals surface area contributed by atoms with E-state index in [1.54, 1.807) is 13.8 Å². The second-order valence-corrected chi connectivity index (χ2v) is 11.4. The molecular weight excluding hydrogens is 514 g/mol. The summed E-state index contributed by atoms with van der Waals surface area (Å²) >= 11 is 0. The van der Waals surface area contributed by atoms with Crippen LogP contribution in [0.4, 0.5) is 0 Å². The number of ketones is 2. The molecule has 1 aromatic rings. The van der Waals surface area contributed by atoms with Crippen molar-refractivity contribution in [2.45, 2.75) is 58.7 Å². The molecule has 0 radical (unpaired) electrons. The van der Waals surface area contributed by atoms with E-state index in [2.05, 4.69) is 5.32 Å². The Kier molecular flexibility index (Phi) is 7.20. The maximum atomic E-state index is 14.0. The zero-order valence-electron chi connectivity index (χ0n) is 23.2. The van der Waals surface area contributed by atoms with E-state index in [0.717, 1.165) is 5.56 Å². The Hall–Kier alpha value is -3.72. The monoisotopic (exact) mass is 549 g/mol. The second kappa shape index (κ2) is 10.4. The number of ether oxygens (including phenoxy) is 3. The Morgan fingerprint density at radius 3 is 2.60 bits per heavy atom. The zero-order chi connectivity index (χ0) is 28.8. The number of aliphatic hydroxyl groups excluding tert-OH is 1. The summed E-state index contributed by atoms with van der Waals surface area (Å²) in [4.78, 5) is 52.6. The van der Waals surface area contributed by atoms with Crippen molar-refractivity contribution in [3.05, 3.63) is 70.1 Å². The van der Waals surface area contributed by atoms with Crippen LogP contribution in [0, 0.1) is 16.7 Å². The van der Waals surface area contributed by atoms with Crippen molar-refractivity contribution in [3.8, 4) is 0 Å². The molecule has 40 heavy (non-hydrogen) atoms. The topological polar surface area (TPSA) is 128 Å². The van der Waals surface area contributed by atoms with E-state index in [-0.39, 0.29) is 35.5 Å². The number of esters is 2. The van der Waals surface area contributed by atoms with Crippen LogP contribution < -0.4 is 5.32 Å². The molecule has 2 N–H and O–H groups in total. The number of hydrogen-bond acceptors (Lipinski definition) is 9. The first-order valence-corrected chi connectivity index (χ1v) is 13.6. The van der Waals surface area contributed by atoms with Gasteiger partial charge in [0.1, 0.15) is 18.0 Å². The molecule has 1 saturated heterocycles. The molecule has 1 aromatic carbocycles. The van der Waals surface area contributed by atoms with Gasteiger partial charge in [-0.2, -0.15) is 0 Å². The van der Waals surface area contributed by atoms with Crippen LogP contribution in [-0.4, -0.2) is 61.1 Å². The normalized spacial score (nSPS) is 32.5. The number of Topliss-reactive ketones (excluding diaryl/α,β-unsaturated/α-hetero) is 2. The van der Waals surface area contributed by atoms with Crippen LogP contribution in [0.25, 0.3) is 0 Å². The van der Waals surface area contributed by atoms with Gasteiger partial charge in [-0.25, -0.2) is 4.79 Å². The quantitative estimate of drug-likeness (QED) is 0.299. The van der Waals surface area contributed by atoms with Gasteiger partial charge in [0.05, 0.1) is 17.6 Å². The molecule has 0 spiro atoms. The lowest BCUT2D eigenvalue weighted by Gasteiger charge is -2.53. The highest BCUT2D eigenvalue weighted by atomic mass is 16.6. The summed E-state index contributed by atoms with van der Waals surface area (Å²) in [5, 5.41) is 14.6. The van der Waals surface area contributed by atoms with Gasteiger partial charge in [0.25, 0.3) is 0 Å². The number of rotatable bonds is 7. The fourth-order valence-corrected chi connectivity index (χ4v) is 7.13. The van der Waals surface area contributed by atoms with E-state index in [0.29, 0.717) is 31.4 Å². The number of methoxy groups -OCH3 is 1. The first-order chi connectivity index (χ1) is 19.0. The molecule has 4 aliphatic rings. The standard InChI is InChI=1S/C31H35NO8/c1-17(33)39-21-14-30(2)20(10-11-22(30)34)24-26(21)31(3)23(16-38-4)40-29(37)19(25(31)28(36)27(24)35)15-32-13-12-18-8-6-5-7-9-18/h5-9,15,20-21,23,32,36H,10-14,16H2,1-4H3/b19-15-/t20-,21+,23+,30-,31-/m0/s1. The fraction of sp³-hybridized carbons (Fsp3) is 0.484. The Balaban J connectivity index is 1.62. The molecule has 2 fully saturated rings. The fourth-order valence-electron chi connectivity index (χ4n) is 7.13. The van der Waals surface area contributed by atoms with Gasteiger partial charge >= 0.3 is 11.9 Å². The Labute approximate surface area is 233 Å². The third kappa shape index (κ3) is 4.27. The lowest BCUT2D eigenvalue weighted by atomic mass is 9.53. The van der Waals surface area contributed by atoms with E-state index in [9.17, 15) is 24.3 Å². The van der Waals surface area contributed by atoms with Gasteiger partial charge in [0, 0.05) is 62.1 Å². The SMILES string of the molecule is COC[C@H]1OC(=O)/C(=C\NCCc2ccccc2)C2=C(O)C(=O)C3=C([C@H](OC(C)=O)C[C@]4(C)C(=O)CC[C@@H]34)[C@]21C. The average Bonchev–Trinajstić information content (AvgIpc) is 3.20. The molecule has 212 valence electrons. The first-order valence-electron chi connectivity index (χ1n) is 13.6. The van der Waals surface area contributed by atoms with Gasteiger partial charge in [-0.3, -0.25) is 14.4 Å². The maximum Gasteiger partial charge on any atom is 0.340 e. The van der Waals surface area contributed by atoms with Gasteiger partial charge in [0.15, 0.2) is 5.76 Å². The van der Waals surface area contributed by atoms with Crippen LogP contribution in [0.1, 0.15) is 45.6 Å². The van der Waals surface area contributed by atoms with Crippen molar-refractivity contribution >= 4 is 23.5 Å². The molecule has 9 heteroatoms. The minimum absolute atomic E-state index is 0.000126. The highest BCUT2D eigenvalue weighted by Crippen LogP contribution is 2.62. The predicted molar refractivity (Wildman–Crippen MR) is 144 cm³/mol. The van der Waals surface area contributed by atoms with Crippen LogP contribution in [-0.2, 0) is 39.8 Å². The Morgan fingerprint density at radius 2 is 1.93 bits per heavy atom. The Bertz CT molecular complexity index is 1360. The van der Waals surface area contributed by atoms with Crippen molar-refractivity contribution in [2.24, 2.45) is 16.7 Å². The highest BCUT2D eigenvalue weighted by molar-refractivity contribution is 6.14. The summed E-state index contributed by atoms with van der Waals surface area (Å²) in [6, 6.07) is 9.82. The first kappa shape index (κ1) is 27.8. The van der Waals surface area contributed by atoms with Gasteiger partial charge in [-0.15, -0.1) is 0 Å². The van der Waals surface area contributed by atoms with Crippen molar-refractivity contribution in [1.82, 2.24) is 5.32 Å². The van der Waals surface area contributed by atoms with Crippen molar-refractivity contribution < 1.29 is 38.5 Å². The number of nitrogens with one attached hydrogen (secondary N) is 1. The molecule has 0 amide bonds. The van der Waals surface area contributed by atoms with E-state index < -0.39 is 52.4 Å². The lowest BCUT2D eigenvalue weighted by molar-refractivity contribution is -0.160. The summed E-state index contributed by atoms with van der Waals surface area (Å²) in [6.45, 7) is 5.33. The number of aliphatic hydroxyl groups is 1. The van der Waals surface area contributed by atoms with E-state index in [1.807, 2.05) is 30.3 Å². The molecule has 0 unspecified atom stereocenters. The molecule has 5 rings (SSSR count). The molecule has 1 saturated carbocycles. The van der Waals surface area contributed by atoms with E-state index in [1.165, 1.54) is 20.2 Å².